The molecule has 0 aliphatic carbocycles. The third kappa shape index (κ3) is 2.57. The van der Waals surface area contributed by atoms with Gasteiger partial charge in [-0.05, 0) is 30.7 Å². The number of aryl methyl sites for hydroxylation is 1. The first kappa shape index (κ1) is 14.3. The molecule has 2 heterocycles. The van der Waals surface area contributed by atoms with Crippen molar-refractivity contribution in [2.45, 2.75) is 6.92 Å². The van der Waals surface area contributed by atoms with Crippen molar-refractivity contribution >= 4 is 0 Å². The summed E-state index contributed by atoms with van der Waals surface area (Å²) in [6, 6.07) is 6.66. The number of halogens is 3. The van der Waals surface area contributed by atoms with Crippen molar-refractivity contribution in [3.05, 3.63) is 71.9 Å². The number of hydrogen-bond acceptors (Lipinski definition) is 2. The monoisotopic (exact) mass is 300 g/mol. The summed E-state index contributed by atoms with van der Waals surface area (Å²) in [5.74, 6) is -3.17. The molecule has 3 rings (SSSR count). The van der Waals surface area contributed by atoms with E-state index < -0.39 is 17.5 Å². The van der Waals surface area contributed by atoms with Gasteiger partial charge in [-0.25, -0.2) is 13.2 Å². The summed E-state index contributed by atoms with van der Waals surface area (Å²) >= 11 is 0. The highest BCUT2D eigenvalue weighted by Crippen LogP contribution is 2.28. The van der Waals surface area contributed by atoms with Crippen LogP contribution in [0.15, 0.2) is 48.9 Å². The Kier molecular flexibility index (Phi) is 3.63. The molecule has 0 aliphatic heterocycles. The van der Waals surface area contributed by atoms with Crippen molar-refractivity contribution in [2.75, 3.05) is 0 Å². The van der Waals surface area contributed by atoms with E-state index in [-0.39, 0.29) is 11.3 Å². The molecule has 0 radical (unpaired) electrons. The Morgan fingerprint density at radius 1 is 0.864 bits per heavy atom. The molecule has 0 atom stereocenters. The molecule has 0 amide bonds. The lowest BCUT2D eigenvalue weighted by Gasteiger charge is -2.09. The van der Waals surface area contributed by atoms with E-state index in [0.29, 0.717) is 6.07 Å². The Bertz CT molecular complexity index is 833. The first-order valence-corrected chi connectivity index (χ1v) is 6.58. The fraction of sp³-hybridized carbons (Fsp3) is 0.0588. The number of benzene rings is 1. The van der Waals surface area contributed by atoms with Crippen molar-refractivity contribution in [1.29, 1.82) is 0 Å². The first-order valence-electron chi connectivity index (χ1n) is 6.58. The van der Waals surface area contributed by atoms with Gasteiger partial charge in [0.25, 0.3) is 0 Å². The fourth-order valence-corrected chi connectivity index (χ4v) is 2.25. The predicted molar refractivity (Wildman–Crippen MR) is 77.5 cm³/mol. The van der Waals surface area contributed by atoms with Crippen LogP contribution < -0.4 is 0 Å². The summed E-state index contributed by atoms with van der Waals surface area (Å²) in [6.45, 7) is 1.84. The molecule has 0 spiro atoms. The summed E-state index contributed by atoms with van der Waals surface area (Å²) < 4.78 is 40.1. The van der Waals surface area contributed by atoms with E-state index in [9.17, 15) is 13.2 Å². The minimum absolute atomic E-state index is 0.0697. The van der Waals surface area contributed by atoms with Crippen LogP contribution in [-0.4, -0.2) is 9.97 Å². The van der Waals surface area contributed by atoms with Crippen LogP contribution >= 0.6 is 0 Å². The lowest BCUT2D eigenvalue weighted by atomic mass is 10.0. The van der Waals surface area contributed by atoms with E-state index in [0.717, 1.165) is 22.8 Å². The fourth-order valence-electron chi connectivity index (χ4n) is 2.25. The van der Waals surface area contributed by atoms with Crippen LogP contribution in [-0.2, 0) is 0 Å². The van der Waals surface area contributed by atoms with E-state index in [1.54, 1.807) is 30.7 Å². The highest BCUT2D eigenvalue weighted by molar-refractivity contribution is 5.70. The number of nitrogens with zero attached hydrogens (tertiary/aromatic N) is 2. The summed E-state index contributed by atoms with van der Waals surface area (Å²) in [6.07, 6.45) is 4.93. The highest BCUT2D eigenvalue weighted by Gasteiger charge is 2.14. The van der Waals surface area contributed by atoms with E-state index in [1.807, 2.05) is 13.0 Å². The minimum atomic E-state index is -1.22. The van der Waals surface area contributed by atoms with Gasteiger partial charge >= 0.3 is 0 Å². The van der Waals surface area contributed by atoms with Crippen LogP contribution in [0.3, 0.4) is 0 Å². The van der Waals surface area contributed by atoms with Crippen molar-refractivity contribution in [2.24, 2.45) is 0 Å². The maximum Gasteiger partial charge on any atom is 0.161 e. The Morgan fingerprint density at radius 2 is 1.64 bits per heavy atom. The van der Waals surface area contributed by atoms with Crippen molar-refractivity contribution < 1.29 is 13.2 Å². The van der Waals surface area contributed by atoms with E-state index in [2.05, 4.69) is 9.97 Å². The Balaban J connectivity index is 2.08. The van der Waals surface area contributed by atoms with E-state index in [1.165, 1.54) is 0 Å². The number of rotatable bonds is 2. The molecule has 2 nitrogen and oxygen atoms in total. The Morgan fingerprint density at radius 3 is 2.32 bits per heavy atom. The Labute approximate surface area is 125 Å². The molecule has 0 saturated heterocycles. The topological polar surface area (TPSA) is 25.8 Å². The molecule has 3 aromatic rings. The van der Waals surface area contributed by atoms with Crippen molar-refractivity contribution in [1.82, 2.24) is 9.97 Å². The van der Waals surface area contributed by atoms with Gasteiger partial charge in [0.1, 0.15) is 5.82 Å². The van der Waals surface area contributed by atoms with Gasteiger partial charge in [0.15, 0.2) is 11.6 Å². The zero-order valence-electron chi connectivity index (χ0n) is 11.6. The molecule has 0 fully saturated rings. The van der Waals surface area contributed by atoms with Crippen molar-refractivity contribution in [3.63, 3.8) is 0 Å². The van der Waals surface area contributed by atoms with Gasteiger partial charge < -0.3 is 0 Å². The van der Waals surface area contributed by atoms with Gasteiger partial charge in [-0.3, -0.25) is 9.97 Å². The molecule has 0 bridgehead atoms. The predicted octanol–water partition coefficient (Wildman–Crippen LogP) is 4.54. The number of hydrogen-bond donors (Lipinski definition) is 0. The molecule has 22 heavy (non-hydrogen) atoms. The van der Waals surface area contributed by atoms with Crippen LogP contribution in [0.1, 0.15) is 5.56 Å². The van der Waals surface area contributed by atoms with Gasteiger partial charge in [0.2, 0.25) is 0 Å². The molecule has 0 unspecified atom stereocenters. The van der Waals surface area contributed by atoms with Crippen LogP contribution in [0.25, 0.3) is 22.4 Å². The van der Waals surface area contributed by atoms with Gasteiger partial charge in [0.05, 0.1) is 5.69 Å². The third-order valence-corrected chi connectivity index (χ3v) is 3.37. The molecule has 0 N–H and O–H groups in total. The van der Waals surface area contributed by atoms with Crippen LogP contribution in [0.4, 0.5) is 13.2 Å². The van der Waals surface area contributed by atoms with E-state index >= 15 is 0 Å². The lowest BCUT2D eigenvalue weighted by Crippen LogP contribution is -1.95. The second-order valence-electron chi connectivity index (χ2n) is 4.87. The second-order valence-corrected chi connectivity index (χ2v) is 4.87. The van der Waals surface area contributed by atoms with Crippen LogP contribution in [0, 0.1) is 24.4 Å². The highest BCUT2D eigenvalue weighted by atomic mass is 19.2. The van der Waals surface area contributed by atoms with Gasteiger partial charge in [-0.1, -0.05) is 6.07 Å². The Hall–Kier alpha value is -2.69. The normalized spacial score (nSPS) is 10.7. The maximum absolute atomic E-state index is 13.8. The quantitative estimate of drug-likeness (QED) is 0.649. The van der Waals surface area contributed by atoms with E-state index in [4.69, 9.17) is 0 Å². The maximum atomic E-state index is 13.8. The molecule has 0 aliphatic rings. The van der Waals surface area contributed by atoms with Crippen LogP contribution in [0.5, 0.6) is 0 Å². The summed E-state index contributed by atoms with van der Waals surface area (Å²) in [5, 5.41) is 0. The third-order valence-electron chi connectivity index (χ3n) is 3.37. The zero-order valence-corrected chi connectivity index (χ0v) is 11.6. The smallest absolute Gasteiger partial charge is 0.161 e. The summed E-state index contributed by atoms with van der Waals surface area (Å²) in [5.41, 5.74) is 2.74. The molecule has 0 saturated carbocycles. The lowest BCUT2D eigenvalue weighted by molar-refractivity contribution is 0.496. The van der Waals surface area contributed by atoms with Crippen LogP contribution in [0.2, 0.25) is 0 Å². The minimum Gasteiger partial charge on any atom is -0.264 e. The number of aromatic nitrogens is 2. The number of pyridine rings is 2. The first-order chi connectivity index (χ1) is 10.6. The molecule has 2 aromatic heterocycles. The molecular formula is C17H11F3N2. The molecular weight excluding hydrogens is 289 g/mol. The summed E-state index contributed by atoms with van der Waals surface area (Å²) in [7, 11) is 0. The van der Waals surface area contributed by atoms with Gasteiger partial charge in [0, 0.05) is 41.3 Å². The van der Waals surface area contributed by atoms with Gasteiger partial charge in [-0.2, -0.15) is 0 Å². The molecule has 1 aromatic carbocycles. The average Bonchev–Trinajstić information content (AvgIpc) is 2.51. The molecule has 5 heteroatoms. The standard InChI is InChI=1S/C17H11F3N2/c1-10-5-17(12-6-15(19)16(20)7-14(12)18)22-9-13(10)11-3-2-4-21-8-11/h2-9H,1H3. The zero-order chi connectivity index (χ0) is 15.7. The molecule has 110 valence electrons. The average molecular weight is 300 g/mol. The summed E-state index contributed by atoms with van der Waals surface area (Å²) in [4.78, 5) is 8.20. The largest absolute Gasteiger partial charge is 0.264 e. The van der Waals surface area contributed by atoms with Gasteiger partial charge in [-0.15, -0.1) is 0 Å². The SMILES string of the molecule is Cc1cc(-c2cc(F)c(F)cc2F)ncc1-c1cccnc1. The van der Waals surface area contributed by atoms with Crippen molar-refractivity contribution in [3.8, 4) is 22.4 Å². The second kappa shape index (κ2) is 5.60.